The molecule has 1 saturated heterocycles. The molecule has 274 valence electrons. The van der Waals surface area contributed by atoms with Crippen molar-refractivity contribution in [1.29, 1.82) is 0 Å². The summed E-state index contributed by atoms with van der Waals surface area (Å²) in [7, 11) is -4.24. The van der Waals surface area contributed by atoms with Crippen molar-refractivity contribution in [3.05, 3.63) is 82.9 Å². The molecule has 0 aliphatic carbocycles. The van der Waals surface area contributed by atoms with Gasteiger partial charge in [0.05, 0.1) is 34.8 Å². The van der Waals surface area contributed by atoms with Gasteiger partial charge in [0.15, 0.2) is 0 Å². The standard InChI is InChI=1S/C24H28BNO5S.C10H16BNO2S.C2H4O2/c1-23(2)24(3,4)31-25(30-23)20-16(14-27)10-9-13-19(20)32(5,6)15-26-21(28)17-11-7-8-12-18(17)22(26)29;1-15(2,7-12)9-5-3-4-8-6-14-11(13)10(8)9;1-2(3)4/h7-14H,15H2,1-6H3;3-5,13H,6-7,12H2,1-2H3;1H3,(H,3,4). The van der Waals surface area contributed by atoms with Crippen molar-refractivity contribution in [3.8, 4) is 0 Å². The molecule has 3 aromatic carbocycles. The van der Waals surface area contributed by atoms with Gasteiger partial charge in [0.25, 0.3) is 17.8 Å². The van der Waals surface area contributed by atoms with Crippen molar-refractivity contribution in [1.82, 2.24) is 4.90 Å². The molecule has 1 fully saturated rings. The number of hydrogen-bond acceptors (Lipinski definition) is 9. The first kappa shape index (κ1) is 40.3. The molecule has 0 spiro atoms. The average molecular weight is 739 g/mol. The van der Waals surface area contributed by atoms with Crippen LogP contribution in [-0.2, 0) is 25.4 Å². The second-order valence-corrected chi connectivity index (χ2v) is 22.1. The fraction of sp³-hybridized carbons (Fsp3) is 0.389. The number of benzene rings is 3. The molecule has 51 heavy (non-hydrogen) atoms. The van der Waals surface area contributed by atoms with Crippen LogP contribution in [0, 0.1) is 0 Å². The number of imide groups is 1. The van der Waals surface area contributed by atoms with Gasteiger partial charge in [-0.15, -0.1) is 0 Å². The lowest BCUT2D eigenvalue weighted by Gasteiger charge is -2.37. The van der Waals surface area contributed by atoms with Gasteiger partial charge in [0.2, 0.25) is 0 Å². The first-order valence-electron chi connectivity index (χ1n) is 16.3. The maximum Gasteiger partial charge on any atom is 0.496 e. The minimum Gasteiger partial charge on any atom is -0.481 e. The van der Waals surface area contributed by atoms with E-state index in [0.29, 0.717) is 34.6 Å². The molecule has 0 saturated carbocycles. The Kier molecular flexibility index (Phi) is 12.1. The van der Waals surface area contributed by atoms with Gasteiger partial charge >= 0.3 is 14.2 Å². The first-order chi connectivity index (χ1) is 23.7. The molecule has 11 nitrogen and oxygen atoms in total. The van der Waals surface area contributed by atoms with Crippen LogP contribution >= 0.6 is 20.1 Å². The van der Waals surface area contributed by atoms with Crippen LogP contribution in [0.1, 0.15) is 71.3 Å². The summed E-state index contributed by atoms with van der Waals surface area (Å²) < 4.78 is 17.8. The molecule has 0 atom stereocenters. The number of rotatable bonds is 7. The van der Waals surface area contributed by atoms with E-state index < -0.39 is 51.5 Å². The second-order valence-electron chi connectivity index (χ2n) is 14.4. The van der Waals surface area contributed by atoms with E-state index in [4.69, 9.17) is 29.6 Å². The Morgan fingerprint density at radius 3 is 1.84 bits per heavy atom. The SMILES string of the molecule is CC(=O)O.CC1(C)OB(c2c(C=O)cccc2S(C)(C)CN2C(=O)c3ccccc3C2=O)OC1(C)C.CS(C)(CN)c1cccc2c1B(O)OC2. The van der Waals surface area contributed by atoms with Crippen LogP contribution in [0.15, 0.2) is 70.5 Å². The van der Waals surface area contributed by atoms with E-state index in [2.05, 4.69) is 18.6 Å². The molecule has 3 heterocycles. The maximum atomic E-state index is 13.0. The van der Waals surface area contributed by atoms with Crippen molar-refractivity contribution in [3.63, 3.8) is 0 Å². The highest BCUT2D eigenvalue weighted by molar-refractivity contribution is 8.33. The van der Waals surface area contributed by atoms with E-state index in [-0.39, 0.29) is 17.7 Å². The smallest absolute Gasteiger partial charge is 0.481 e. The number of carbonyl (C=O) groups excluding carboxylic acids is 3. The number of aliphatic carboxylic acids is 1. The number of carboxylic acids is 1. The van der Waals surface area contributed by atoms with Crippen molar-refractivity contribution in [2.45, 2.75) is 62.2 Å². The lowest BCUT2D eigenvalue weighted by Crippen LogP contribution is -2.41. The second kappa shape index (κ2) is 15.3. The van der Waals surface area contributed by atoms with Crippen LogP contribution in [0.3, 0.4) is 0 Å². The lowest BCUT2D eigenvalue weighted by atomic mass is 9.76. The van der Waals surface area contributed by atoms with Gasteiger partial charge in [-0.25, -0.2) is 20.1 Å². The zero-order valence-corrected chi connectivity index (χ0v) is 32.4. The number of carboxylic acid groups (broad SMARTS) is 1. The fourth-order valence-electron chi connectivity index (χ4n) is 5.93. The Hall–Kier alpha value is -3.43. The number of carbonyl (C=O) groups is 4. The normalized spacial score (nSPS) is 17.9. The van der Waals surface area contributed by atoms with Crippen LogP contribution in [0.5, 0.6) is 0 Å². The number of hydrogen-bond donors (Lipinski definition) is 3. The van der Waals surface area contributed by atoms with Gasteiger partial charge < -0.3 is 29.8 Å². The van der Waals surface area contributed by atoms with Gasteiger partial charge in [-0.05, 0) is 85.7 Å². The molecule has 0 aromatic heterocycles. The topological polar surface area (TPSA) is 166 Å². The lowest BCUT2D eigenvalue weighted by molar-refractivity contribution is -0.134. The number of amides is 2. The molecule has 0 radical (unpaired) electrons. The Balaban J connectivity index is 0.000000254. The maximum absolute atomic E-state index is 13.0. The van der Waals surface area contributed by atoms with E-state index in [1.54, 1.807) is 30.3 Å². The van der Waals surface area contributed by atoms with Gasteiger partial charge in [-0.1, -0.05) is 48.5 Å². The van der Waals surface area contributed by atoms with Crippen LogP contribution < -0.4 is 16.7 Å². The summed E-state index contributed by atoms with van der Waals surface area (Å²) in [6.45, 7) is 9.45. The molecule has 0 bridgehead atoms. The van der Waals surface area contributed by atoms with Crippen molar-refractivity contribution >= 4 is 69.3 Å². The van der Waals surface area contributed by atoms with Crippen molar-refractivity contribution in [2.24, 2.45) is 5.73 Å². The molecule has 15 heteroatoms. The van der Waals surface area contributed by atoms with E-state index in [1.807, 2.05) is 64.5 Å². The van der Waals surface area contributed by atoms with E-state index in [9.17, 15) is 19.4 Å². The van der Waals surface area contributed by atoms with Crippen molar-refractivity contribution in [2.75, 3.05) is 36.8 Å². The highest BCUT2D eigenvalue weighted by Gasteiger charge is 2.53. The quantitative estimate of drug-likeness (QED) is 0.185. The molecule has 3 aliphatic rings. The van der Waals surface area contributed by atoms with Crippen LogP contribution in [0.25, 0.3) is 0 Å². The average Bonchev–Trinajstić information content (AvgIpc) is 3.64. The van der Waals surface area contributed by atoms with Crippen LogP contribution in [0.2, 0.25) is 0 Å². The molecule has 3 aliphatic heterocycles. The van der Waals surface area contributed by atoms with Crippen molar-refractivity contribution < 1.29 is 43.3 Å². The number of nitrogens with zero attached hydrogens (tertiary/aromatic N) is 1. The largest absolute Gasteiger partial charge is 0.496 e. The highest BCUT2D eigenvalue weighted by Crippen LogP contribution is 2.51. The van der Waals surface area contributed by atoms with Gasteiger partial charge in [0, 0.05) is 23.8 Å². The highest BCUT2D eigenvalue weighted by atomic mass is 32.3. The Labute approximate surface area is 304 Å². The molecular weight excluding hydrogens is 690 g/mol. The third kappa shape index (κ3) is 8.30. The molecule has 3 aromatic rings. The minimum atomic E-state index is -1.74. The summed E-state index contributed by atoms with van der Waals surface area (Å²) in [6.07, 6.45) is 9.20. The van der Waals surface area contributed by atoms with Gasteiger partial charge in [0.1, 0.15) is 6.29 Å². The predicted octanol–water partition coefficient (Wildman–Crippen LogP) is 3.81. The third-order valence-electron chi connectivity index (χ3n) is 9.45. The van der Waals surface area contributed by atoms with Crippen LogP contribution in [-0.4, -0.2) is 101 Å². The zero-order valence-electron chi connectivity index (χ0n) is 30.7. The first-order valence-corrected chi connectivity index (χ1v) is 21.5. The summed E-state index contributed by atoms with van der Waals surface area (Å²) in [6, 6.07) is 18.5. The molecular formula is C36H48B2N2O9S2. The summed E-state index contributed by atoms with van der Waals surface area (Å²) in [5, 5.41) is 17.2. The Bertz CT molecular complexity index is 1780. The monoisotopic (exact) mass is 738 g/mol. The van der Waals surface area contributed by atoms with Gasteiger partial charge in [-0.2, -0.15) is 0 Å². The Morgan fingerprint density at radius 2 is 1.35 bits per heavy atom. The Morgan fingerprint density at radius 1 is 0.863 bits per heavy atom. The fourth-order valence-corrected chi connectivity index (χ4v) is 9.66. The van der Waals surface area contributed by atoms with E-state index in [0.717, 1.165) is 29.1 Å². The van der Waals surface area contributed by atoms with Crippen LogP contribution in [0.4, 0.5) is 0 Å². The summed E-state index contributed by atoms with van der Waals surface area (Å²) >= 11 is 0. The molecule has 0 unspecified atom stereocenters. The summed E-state index contributed by atoms with van der Waals surface area (Å²) in [5.41, 5.74) is 8.74. The number of fused-ring (bicyclic) bond motifs is 2. The summed E-state index contributed by atoms with van der Waals surface area (Å²) in [5.74, 6) is -0.519. The van der Waals surface area contributed by atoms with E-state index in [1.165, 1.54) is 9.80 Å². The molecule has 4 N–H and O–H groups in total. The molecule has 6 rings (SSSR count). The predicted molar refractivity (Wildman–Crippen MR) is 206 cm³/mol. The molecule has 2 amide bonds. The number of nitrogens with two attached hydrogens (primary N) is 1. The van der Waals surface area contributed by atoms with E-state index >= 15 is 0 Å². The van der Waals surface area contributed by atoms with Gasteiger partial charge in [-0.3, -0.25) is 24.1 Å². The zero-order chi connectivity index (χ0) is 38.1. The minimum absolute atomic E-state index is 0.244. The number of aldehydes is 1. The summed E-state index contributed by atoms with van der Waals surface area (Å²) in [4.78, 5) is 50.3. The third-order valence-corrected chi connectivity index (χ3v) is 14.3.